The smallest absolute Gasteiger partial charge is 0.259 e. The normalized spacial score (nSPS) is 20.4. The molecule has 3 rings (SSSR count). The van der Waals surface area contributed by atoms with Crippen LogP contribution in [0.1, 0.15) is 11.1 Å². The molecule has 1 unspecified atom stereocenters. The molecule has 0 radical (unpaired) electrons. The fourth-order valence-corrected chi connectivity index (χ4v) is 2.69. The first-order chi connectivity index (χ1) is 10.6. The molecule has 0 aliphatic carbocycles. The van der Waals surface area contributed by atoms with Crippen LogP contribution in [0.4, 0.5) is 0 Å². The van der Waals surface area contributed by atoms with Gasteiger partial charge in [0.1, 0.15) is 5.75 Å². The summed E-state index contributed by atoms with van der Waals surface area (Å²) in [6.07, 6.45) is 0.438. The Hall–Kier alpha value is -2.82. The maximum atomic E-state index is 12.6. The molecule has 5 nitrogen and oxygen atoms in total. The quantitative estimate of drug-likeness (QED) is 0.899. The third kappa shape index (κ3) is 2.41. The Balaban J connectivity index is 2.09. The van der Waals surface area contributed by atoms with Gasteiger partial charge >= 0.3 is 0 Å². The molecule has 22 heavy (non-hydrogen) atoms. The molecule has 0 saturated heterocycles. The minimum Gasteiger partial charge on any atom is -0.497 e. The minimum absolute atomic E-state index is 0.142. The van der Waals surface area contributed by atoms with E-state index in [9.17, 15) is 4.79 Å². The summed E-state index contributed by atoms with van der Waals surface area (Å²) < 4.78 is 5.26. The van der Waals surface area contributed by atoms with Crippen LogP contribution in [-0.2, 0) is 16.8 Å². The van der Waals surface area contributed by atoms with E-state index in [0.717, 1.165) is 11.1 Å². The first-order valence-corrected chi connectivity index (χ1v) is 6.99. The average molecular weight is 295 g/mol. The molecule has 1 aliphatic rings. The molecule has 2 aromatic carbocycles. The molecule has 112 valence electrons. The zero-order chi connectivity index (χ0) is 15.6. The van der Waals surface area contributed by atoms with Crippen molar-refractivity contribution in [3.63, 3.8) is 0 Å². The summed E-state index contributed by atoms with van der Waals surface area (Å²) in [6, 6.07) is 17.1. The van der Waals surface area contributed by atoms with E-state index in [0.29, 0.717) is 12.2 Å². The van der Waals surface area contributed by atoms with Crippen LogP contribution in [0.3, 0.4) is 0 Å². The van der Waals surface area contributed by atoms with Crippen molar-refractivity contribution >= 4 is 11.9 Å². The Bertz CT molecular complexity index is 728. The van der Waals surface area contributed by atoms with Crippen LogP contribution >= 0.6 is 0 Å². The van der Waals surface area contributed by atoms with E-state index in [1.165, 1.54) is 0 Å². The number of guanidine groups is 1. The molecule has 0 bridgehead atoms. The van der Waals surface area contributed by atoms with Gasteiger partial charge in [-0.25, -0.2) is 4.99 Å². The SMILES string of the molecule is COc1cccc(C2(Cc3ccccc3)N=C(N)NC2=O)c1. The summed E-state index contributed by atoms with van der Waals surface area (Å²) in [4.78, 5) is 17.0. The lowest BCUT2D eigenvalue weighted by Crippen LogP contribution is -2.40. The molecule has 0 spiro atoms. The van der Waals surface area contributed by atoms with Gasteiger partial charge in [0, 0.05) is 6.42 Å². The van der Waals surface area contributed by atoms with E-state index < -0.39 is 5.54 Å². The van der Waals surface area contributed by atoms with Crippen molar-refractivity contribution in [1.29, 1.82) is 0 Å². The largest absolute Gasteiger partial charge is 0.497 e. The van der Waals surface area contributed by atoms with Crippen LogP contribution in [0.5, 0.6) is 5.75 Å². The number of nitrogens with zero attached hydrogens (tertiary/aromatic N) is 1. The number of hydrogen-bond acceptors (Lipinski definition) is 4. The van der Waals surface area contributed by atoms with E-state index >= 15 is 0 Å². The second-order valence-corrected chi connectivity index (χ2v) is 5.21. The fourth-order valence-electron chi connectivity index (χ4n) is 2.69. The predicted molar refractivity (Wildman–Crippen MR) is 84.6 cm³/mol. The molecule has 0 saturated carbocycles. The predicted octanol–water partition coefficient (Wildman–Crippen LogP) is 1.58. The van der Waals surface area contributed by atoms with E-state index in [1.807, 2.05) is 54.6 Å². The fraction of sp³-hybridized carbons (Fsp3) is 0.176. The molecule has 1 amide bonds. The van der Waals surface area contributed by atoms with Crippen molar-refractivity contribution in [2.24, 2.45) is 10.7 Å². The van der Waals surface area contributed by atoms with Crippen LogP contribution in [0.2, 0.25) is 0 Å². The summed E-state index contributed by atoms with van der Waals surface area (Å²) >= 11 is 0. The van der Waals surface area contributed by atoms with E-state index in [4.69, 9.17) is 10.5 Å². The number of hydrogen-bond donors (Lipinski definition) is 2. The van der Waals surface area contributed by atoms with Gasteiger partial charge in [0.2, 0.25) is 0 Å². The zero-order valence-corrected chi connectivity index (χ0v) is 12.2. The van der Waals surface area contributed by atoms with E-state index in [2.05, 4.69) is 10.3 Å². The number of nitrogens with one attached hydrogen (secondary N) is 1. The average Bonchev–Trinajstić information content (AvgIpc) is 2.83. The zero-order valence-electron chi connectivity index (χ0n) is 12.2. The monoisotopic (exact) mass is 295 g/mol. The number of ether oxygens (including phenoxy) is 1. The third-order valence-corrected chi connectivity index (χ3v) is 3.78. The lowest BCUT2D eigenvalue weighted by atomic mass is 9.84. The van der Waals surface area contributed by atoms with Gasteiger partial charge in [-0.3, -0.25) is 10.1 Å². The van der Waals surface area contributed by atoms with Gasteiger partial charge in [0.15, 0.2) is 11.5 Å². The van der Waals surface area contributed by atoms with Gasteiger partial charge in [0.05, 0.1) is 7.11 Å². The molecule has 2 aromatic rings. The Morgan fingerprint density at radius 1 is 1.18 bits per heavy atom. The summed E-state index contributed by atoms with van der Waals surface area (Å²) in [7, 11) is 1.59. The molecular weight excluding hydrogens is 278 g/mol. The number of carbonyl (C=O) groups is 1. The Morgan fingerprint density at radius 3 is 2.59 bits per heavy atom. The summed E-state index contributed by atoms with van der Waals surface area (Å²) in [6.45, 7) is 0. The molecule has 3 N–H and O–H groups in total. The second-order valence-electron chi connectivity index (χ2n) is 5.21. The molecule has 5 heteroatoms. The van der Waals surface area contributed by atoms with Gasteiger partial charge in [-0.15, -0.1) is 0 Å². The minimum atomic E-state index is -1.06. The lowest BCUT2D eigenvalue weighted by molar-refractivity contribution is -0.124. The van der Waals surface area contributed by atoms with Gasteiger partial charge in [-0.2, -0.15) is 0 Å². The molecule has 0 fully saturated rings. The number of rotatable bonds is 4. The van der Waals surface area contributed by atoms with Crippen molar-refractivity contribution in [2.75, 3.05) is 7.11 Å². The van der Waals surface area contributed by atoms with Crippen molar-refractivity contribution < 1.29 is 9.53 Å². The number of amides is 1. The Kier molecular flexibility index (Phi) is 3.55. The van der Waals surface area contributed by atoms with Crippen LogP contribution in [0.15, 0.2) is 59.6 Å². The Morgan fingerprint density at radius 2 is 1.95 bits per heavy atom. The van der Waals surface area contributed by atoms with Crippen molar-refractivity contribution in [3.05, 3.63) is 65.7 Å². The van der Waals surface area contributed by atoms with Crippen LogP contribution in [-0.4, -0.2) is 19.0 Å². The van der Waals surface area contributed by atoms with E-state index in [-0.39, 0.29) is 11.9 Å². The number of carbonyl (C=O) groups excluding carboxylic acids is 1. The van der Waals surface area contributed by atoms with Gasteiger partial charge in [0.25, 0.3) is 5.91 Å². The lowest BCUT2D eigenvalue weighted by Gasteiger charge is -2.24. The summed E-state index contributed by atoms with van der Waals surface area (Å²) in [5, 5.41) is 2.61. The van der Waals surface area contributed by atoms with E-state index in [1.54, 1.807) is 7.11 Å². The van der Waals surface area contributed by atoms with Gasteiger partial charge in [-0.05, 0) is 23.3 Å². The number of aliphatic imine (C=N–C) groups is 1. The van der Waals surface area contributed by atoms with Crippen molar-refractivity contribution in [3.8, 4) is 5.75 Å². The first-order valence-electron chi connectivity index (χ1n) is 6.99. The Labute approximate surface area is 128 Å². The van der Waals surface area contributed by atoms with Crippen molar-refractivity contribution in [1.82, 2.24) is 5.32 Å². The highest BCUT2D eigenvalue weighted by Gasteiger charge is 2.45. The highest BCUT2D eigenvalue weighted by Crippen LogP contribution is 2.34. The molecule has 1 heterocycles. The van der Waals surface area contributed by atoms with Crippen LogP contribution < -0.4 is 15.8 Å². The highest BCUT2D eigenvalue weighted by atomic mass is 16.5. The summed E-state index contributed by atoms with van der Waals surface area (Å²) in [5.41, 5.74) is 6.46. The van der Waals surface area contributed by atoms with Gasteiger partial charge < -0.3 is 10.5 Å². The first kappa shape index (κ1) is 14.1. The third-order valence-electron chi connectivity index (χ3n) is 3.78. The number of nitrogens with two attached hydrogens (primary N) is 1. The highest BCUT2D eigenvalue weighted by molar-refractivity contribution is 6.07. The van der Waals surface area contributed by atoms with Crippen molar-refractivity contribution in [2.45, 2.75) is 12.0 Å². The maximum Gasteiger partial charge on any atom is 0.259 e. The topological polar surface area (TPSA) is 76.7 Å². The number of methoxy groups -OCH3 is 1. The summed E-state index contributed by atoms with van der Waals surface area (Å²) in [5.74, 6) is 0.601. The molecular formula is C17H17N3O2. The molecule has 0 aromatic heterocycles. The van der Waals surface area contributed by atoms with Gasteiger partial charge in [-0.1, -0.05) is 42.5 Å². The van der Waals surface area contributed by atoms with Crippen LogP contribution in [0.25, 0.3) is 0 Å². The molecule has 1 atom stereocenters. The maximum absolute atomic E-state index is 12.6. The molecule has 1 aliphatic heterocycles. The van der Waals surface area contributed by atoms with Crippen LogP contribution in [0, 0.1) is 0 Å². The number of benzene rings is 2. The second kappa shape index (κ2) is 5.52. The standard InChI is InChI=1S/C17H17N3O2/c1-22-14-9-5-8-13(10-14)17(15(21)19-16(18)20-17)11-12-6-3-2-4-7-12/h2-10H,11H2,1H3,(H3,18,19,20,21).